The molecule has 0 amide bonds. The minimum absolute atomic E-state index is 0.172. The highest BCUT2D eigenvalue weighted by atomic mass is 15.6. The number of hydrogen-bond donors (Lipinski definition) is 1. The van der Waals surface area contributed by atoms with Crippen LogP contribution in [0.1, 0.15) is 43.0 Å². The molecule has 1 fully saturated rings. The van der Waals surface area contributed by atoms with Crippen molar-refractivity contribution >= 4 is 0 Å². The van der Waals surface area contributed by atoms with Gasteiger partial charge in [0.1, 0.15) is 0 Å². The summed E-state index contributed by atoms with van der Waals surface area (Å²) in [5.74, 6) is 1.40. The van der Waals surface area contributed by atoms with Crippen LogP contribution in [0, 0.1) is 0 Å². The summed E-state index contributed by atoms with van der Waals surface area (Å²) >= 11 is 0. The highest BCUT2D eigenvalue weighted by Crippen LogP contribution is 2.37. The lowest BCUT2D eigenvalue weighted by molar-refractivity contribution is 0.267. The molecular weight excluding hydrogens is 250 g/mol. The van der Waals surface area contributed by atoms with Gasteiger partial charge < -0.3 is 5.73 Å². The number of aryl methyl sites for hydroxylation is 1. The molecule has 20 heavy (non-hydrogen) atoms. The third-order valence-electron chi connectivity index (χ3n) is 4.31. The maximum atomic E-state index is 6.52. The molecule has 0 atom stereocenters. The minimum Gasteiger partial charge on any atom is -0.325 e. The second-order valence-electron chi connectivity index (χ2n) is 5.92. The van der Waals surface area contributed by atoms with Crippen LogP contribution in [-0.2, 0) is 13.5 Å². The van der Waals surface area contributed by atoms with Gasteiger partial charge >= 0.3 is 0 Å². The summed E-state index contributed by atoms with van der Waals surface area (Å²) in [6.45, 7) is 0. The Balaban J connectivity index is 1.62. The van der Waals surface area contributed by atoms with E-state index in [2.05, 4.69) is 45.7 Å². The number of aromatic nitrogens is 4. The van der Waals surface area contributed by atoms with Crippen molar-refractivity contribution in [2.45, 2.75) is 43.6 Å². The first-order chi connectivity index (χ1) is 9.65. The molecule has 3 rings (SSSR count). The fourth-order valence-corrected chi connectivity index (χ4v) is 3.14. The van der Waals surface area contributed by atoms with Crippen LogP contribution < -0.4 is 5.73 Å². The molecule has 2 aromatic rings. The van der Waals surface area contributed by atoms with E-state index in [-0.39, 0.29) is 5.54 Å². The monoisotopic (exact) mass is 271 g/mol. The van der Waals surface area contributed by atoms with Gasteiger partial charge in [0, 0.05) is 12.0 Å². The van der Waals surface area contributed by atoms with E-state index in [1.54, 1.807) is 7.05 Å². The third kappa shape index (κ3) is 2.88. The molecule has 0 radical (unpaired) electrons. The van der Waals surface area contributed by atoms with Crippen LogP contribution in [-0.4, -0.2) is 25.7 Å². The van der Waals surface area contributed by atoms with Crippen LogP contribution in [0.25, 0.3) is 0 Å². The van der Waals surface area contributed by atoms with Crippen LogP contribution in [0.2, 0.25) is 0 Å². The Bertz CT molecular complexity index is 555. The second-order valence-corrected chi connectivity index (χ2v) is 5.92. The smallest absolute Gasteiger partial charge is 0.176 e. The minimum atomic E-state index is -0.172. The zero-order chi connectivity index (χ0) is 14.0. The van der Waals surface area contributed by atoms with Crippen molar-refractivity contribution in [3.63, 3.8) is 0 Å². The van der Waals surface area contributed by atoms with Crippen LogP contribution in [0.15, 0.2) is 30.3 Å². The predicted molar refractivity (Wildman–Crippen MR) is 77.1 cm³/mol. The average Bonchev–Trinajstić information content (AvgIpc) is 2.85. The molecule has 2 N–H and O–H groups in total. The molecule has 0 saturated heterocycles. The largest absolute Gasteiger partial charge is 0.325 e. The van der Waals surface area contributed by atoms with Gasteiger partial charge in [0.15, 0.2) is 5.82 Å². The topological polar surface area (TPSA) is 69.6 Å². The van der Waals surface area contributed by atoms with E-state index in [0.29, 0.717) is 5.92 Å². The zero-order valence-electron chi connectivity index (χ0n) is 11.9. The standard InChI is InChI=1S/C15H21N5/c1-20-18-14(17-19-20)11-15(16)9-7-13(8-10-15)12-5-3-2-4-6-12/h2-6,13H,7-11,16H2,1H3. The molecule has 0 aliphatic heterocycles. The summed E-state index contributed by atoms with van der Waals surface area (Å²) in [5.41, 5.74) is 7.79. The SMILES string of the molecule is Cn1nnc(CC2(N)CCC(c3ccccc3)CC2)n1. The number of hydrogen-bond acceptors (Lipinski definition) is 4. The van der Waals surface area contributed by atoms with E-state index < -0.39 is 0 Å². The van der Waals surface area contributed by atoms with Crippen molar-refractivity contribution < 1.29 is 0 Å². The Morgan fingerprint density at radius 3 is 2.55 bits per heavy atom. The van der Waals surface area contributed by atoms with Crippen molar-refractivity contribution in [3.8, 4) is 0 Å². The van der Waals surface area contributed by atoms with Gasteiger partial charge in [0.2, 0.25) is 0 Å². The quantitative estimate of drug-likeness (QED) is 0.924. The molecule has 1 aliphatic carbocycles. The zero-order valence-corrected chi connectivity index (χ0v) is 11.9. The molecule has 106 valence electrons. The van der Waals surface area contributed by atoms with E-state index in [1.807, 2.05) is 0 Å². The van der Waals surface area contributed by atoms with E-state index in [1.165, 1.54) is 10.4 Å². The Kier molecular flexibility index (Phi) is 3.53. The molecule has 5 nitrogen and oxygen atoms in total. The summed E-state index contributed by atoms with van der Waals surface area (Å²) in [5, 5.41) is 12.2. The van der Waals surface area contributed by atoms with Gasteiger partial charge in [-0.1, -0.05) is 30.3 Å². The number of nitrogens with two attached hydrogens (primary N) is 1. The van der Waals surface area contributed by atoms with E-state index in [4.69, 9.17) is 5.73 Å². The van der Waals surface area contributed by atoms with Gasteiger partial charge in [0.05, 0.1) is 7.05 Å². The van der Waals surface area contributed by atoms with Crippen molar-refractivity contribution in [2.75, 3.05) is 0 Å². The van der Waals surface area contributed by atoms with E-state index in [0.717, 1.165) is 37.9 Å². The van der Waals surface area contributed by atoms with Crippen molar-refractivity contribution in [1.82, 2.24) is 20.2 Å². The van der Waals surface area contributed by atoms with Gasteiger partial charge in [-0.2, -0.15) is 4.80 Å². The molecule has 0 spiro atoms. The fraction of sp³-hybridized carbons (Fsp3) is 0.533. The third-order valence-corrected chi connectivity index (χ3v) is 4.31. The highest BCUT2D eigenvalue weighted by molar-refractivity contribution is 5.20. The van der Waals surface area contributed by atoms with Crippen molar-refractivity contribution in [2.24, 2.45) is 12.8 Å². The number of tetrazole rings is 1. The lowest BCUT2D eigenvalue weighted by Crippen LogP contribution is -2.45. The van der Waals surface area contributed by atoms with Gasteiger partial charge in [-0.25, -0.2) is 0 Å². The molecule has 1 heterocycles. The lowest BCUT2D eigenvalue weighted by atomic mass is 9.73. The molecule has 0 unspecified atom stereocenters. The van der Waals surface area contributed by atoms with Gasteiger partial charge in [-0.15, -0.1) is 10.2 Å². The Hall–Kier alpha value is -1.75. The first-order valence-electron chi connectivity index (χ1n) is 7.21. The molecular formula is C15H21N5. The number of rotatable bonds is 3. The van der Waals surface area contributed by atoms with E-state index in [9.17, 15) is 0 Å². The Labute approximate surface area is 119 Å². The summed E-state index contributed by atoms with van der Waals surface area (Å²) in [7, 11) is 1.78. The van der Waals surface area contributed by atoms with Crippen molar-refractivity contribution in [3.05, 3.63) is 41.7 Å². The van der Waals surface area contributed by atoms with Crippen LogP contribution in [0.5, 0.6) is 0 Å². The molecule has 1 aliphatic rings. The highest BCUT2D eigenvalue weighted by Gasteiger charge is 2.33. The molecule has 1 aromatic carbocycles. The van der Waals surface area contributed by atoms with Gasteiger partial charge in [-0.3, -0.25) is 0 Å². The summed E-state index contributed by atoms with van der Waals surface area (Å²) in [6, 6.07) is 10.7. The molecule has 1 aromatic heterocycles. The normalized spacial score (nSPS) is 26.6. The molecule has 0 bridgehead atoms. The van der Waals surface area contributed by atoms with Gasteiger partial charge in [-0.05, 0) is 42.4 Å². The lowest BCUT2D eigenvalue weighted by Gasteiger charge is -2.36. The van der Waals surface area contributed by atoms with Crippen LogP contribution in [0.4, 0.5) is 0 Å². The molecule has 1 saturated carbocycles. The van der Waals surface area contributed by atoms with Crippen molar-refractivity contribution in [1.29, 1.82) is 0 Å². The summed E-state index contributed by atoms with van der Waals surface area (Å²) < 4.78 is 0. The first kappa shape index (κ1) is 13.2. The van der Waals surface area contributed by atoms with Crippen LogP contribution in [0.3, 0.4) is 0 Å². The summed E-state index contributed by atoms with van der Waals surface area (Å²) in [6.07, 6.45) is 5.04. The summed E-state index contributed by atoms with van der Waals surface area (Å²) in [4.78, 5) is 1.49. The predicted octanol–water partition coefficient (Wildman–Crippen LogP) is 1.81. The number of nitrogens with zero attached hydrogens (tertiary/aromatic N) is 4. The number of benzene rings is 1. The van der Waals surface area contributed by atoms with Crippen LogP contribution >= 0.6 is 0 Å². The maximum Gasteiger partial charge on any atom is 0.176 e. The fourth-order valence-electron chi connectivity index (χ4n) is 3.14. The Morgan fingerprint density at radius 1 is 1.25 bits per heavy atom. The Morgan fingerprint density at radius 2 is 1.95 bits per heavy atom. The first-order valence-corrected chi connectivity index (χ1v) is 7.21. The second kappa shape index (κ2) is 5.32. The van der Waals surface area contributed by atoms with Gasteiger partial charge in [0.25, 0.3) is 0 Å². The van der Waals surface area contributed by atoms with E-state index >= 15 is 0 Å². The molecule has 5 heteroatoms. The maximum absolute atomic E-state index is 6.52. The average molecular weight is 271 g/mol.